The molecule has 4 aromatic rings. The Bertz CT molecular complexity index is 1010. The normalized spacial score (nSPS) is 11.4. The van der Waals surface area contributed by atoms with Crippen molar-refractivity contribution >= 4 is 26.5 Å². The van der Waals surface area contributed by atoms with E-state index < -0.39 is 13.3 Å². The molecule has 0 aliphatic carbocycles. The molecule has 0 spiro atoms. The Balaban J connectivity index is 1.89. The molecule has 0 saturated heterocycles. The van der Waals surface area contributed by atoms with E-state index in [0.29, 0.717) is 0 Å². The van der Waals surface area contributed by atoms with Gasteiger partial charge in [-0.1, -0.05) is 0 Å². The van der Waals surface area contributed by atoms with Crippen molar-refractivity contribution in [2.24, 2.45) is 0 Å². The Hall–Kier alpha value is -2.58. The third-order valence-corrected chi connectivity index (χ3v) is 16.3. The van der Waals surface area contributed by atoms with E-state index in [0.717, 1.165) is 6.42 Å². The van der Waals surface area contributed by atoms with Gasteiger partial charge < -0.3 is 0 Å². The van der Waals surface area contributed by atoms with Gasteiger partial charge in [0.25, 0.3) is 0 Å². The first-order valence-electron chi connectivity index (χ1n) is 10.4. The fourth-order valence-electron chi connectivity index (χ4n) is 4.38. The second-order valence-corrected chi connectivity index (χ2v) is 16.5. The van der Waals surface area contributed by atoms with Gasteiger partial charge in [0.2, 0.25) is 0 Å². The molecule has 0 heterocycles. The van der Waals surface area contributed by atoms with Gasteiger partial charge in [-0.25, -0.2) is 0 Å². The number of benzene rings is 4. The van der Waals surface area contributed by atoms with Crippen molar-refractivity contribution in [1.82, 2.24) is 0 Å². The van der Waals surface area contributed by atoms with Crippen LogP contribution in [0, 0.1) is 13.8 Å². The minimum absolute atomic E-state index is 1.11. The van der Waals surface area contributed by atoms with Crippen molar-refractivity contribution in [1.29, 1.82) is 0 Å². The van der Waals surface area contributed by atoms with Crippen molar-refractivity contribution in [3.8, 4) is 0 Å². The van der Waals surface area contributed by atoms with E-state index in [9.17, 15) is 0 Å². The number of aryl methyl sites for hydroxylation is 3. The van der Waals surface area contributed by atoms with Crippen LogP contribution in [0.1, 0.15) is 16.7 Å². The third-order valence-electron chi connectivity index (χ3n) is 5.95. The van der Waals surface area contributed by atoms with E-state index >= 15 is 0 Å². The summed E-state index contributed by atoms with van der Waals surface area (Å²) < 4.78 is 4.63. The van der Waals surface area contributed by atoms with E-state index in [4.69, 9.17) is 0 Å². The first-order valence-corrected chi connectivity index (χ1v) is 15.1. The zero-order valence-electron chi connectivity index (χ0n) is 17.3. The summed E-state index contributed by atoms with van der Waals surface area (Å²) in [6, 6.07) is 40.9. The predicted molar refractivity (Wildman–Crippen MR) is 128 cm³/mol. The van der Waals surface area contributed by atoms with Gasteiger partial charge in [-0.15, -0.1) is 0 Å². The maximum absolute atomic E-state index is 2.84. The molecule has 0 N–H and O–H groups in total. The Morgan fingerprint density at radius 3 is 1.62 bits per heavy atom. The summed E-state index contributed by atoms with van der Waals surface area (Å²) in [4.78, 5) is 0. The average Bonchev–Trinajstić information content (AvgIpc) is 2.77. The Morgan fingerprint density at radius 2 is 1.07 bits per heavy atom. The molecule has 0 bridgehead atoms. The Labute approximate surface area is 177 Å². The van der Waals surface area contributed by atoms with Gasteiger partial charge in [0.05, 0.1) is 0 Å². The minimum atomic E-state index is -2.84. The van der Waals surface area contributed by atoms with Crippen LogP contribution < -0.4 is 13.2 Å². The Morgan fingerprint density at radius 1 is 0.517 bits per heavy atom. The summed E-state index contributed by atoms with van der Waals surface area (Å²) in [7, 11) is 0. The topological polar surface area (TPSA) is 0 Å². The van der Waals surface area contributed by atoms with Gasteiger partial charge in [0.15, 0.2) is 0 Å². The molecule has 0 aliphatic heterocycles. The van der Waals surface area contributed by atoms with Crippen molar-refractivity contribution in [2.75, 3.05) is 0 Å². The molecule has 29 heavy (non-hydrogen) atoms. The molecule has 1 heteroatoms. The molecule has 4 rings (SSSR count). The molecule has 0 atom stereocenters. The summed E-state index contributed by atoms with van der Waals surface area (Å²) in [5.41, 5.74) is 4.11. The quantitative estimate of drug-likeness (QED) is 0.372. The van der Waals surface area contributed by atoms with Gasteiger partial charge >= 0.3 is 178 Å². The van der Waals surface area contributed by atoms with Crippen LogP contribution >= 0.6 is 0 Å². The number of rotatable bonds is 6. The van der Waals surface area contributed by atoms with Gasteiger partial charge in [0, 0.05) is 0 Å². The average molecular weight is 437 g/mol. The predicted octanol–water partition coefficient (Wildman–Crippen LogP) is 5.02. The summed E-state index contributed by atoms with van der Waals surface area (Å²) in [5, 5.41) is 1.21. The standard InChI is InChI=1S/C28H28Ge/c1-23-16-18-25(19-17-23)20-21-29(26-11-5-3-6-12-26,27-13-7-4-8-14-27)28-15-9-10-24(2)22-28/h3-19,22H,20-21H2,1-2H3. The number of hydrogen-bond acceptors (Lipinski definition) is 0. The van der Waals surface area contributed by atoms with Crippen LogP contribution in [0.15, 0.2) is 109 Å². The zero-order valence-corrected chi connectivity index (χ0v) is 19.4. The second kappa shape index (κ2) is 8.84. The van der Waals surface area contributed by atoms with Crippen LogP contribution in [-0.4, -0.2) is 13.3 Å². The van der Waals surface area contributed by atoms with E-state index in [-0.39, 0.29) is 0 Å². The molecular formula is C28H28Ge. The van der Waals surface area contributed by atoms with Crippen LogP contribution in [0.2, 0.25) is 5.25 Å². The third kappa shape index (κ3) is 4.23. The molecule has 4 aromatic carbocycles. The first-order chi connectivity index (χ1) is 14.2. The van der Waals surface area contributed by atoms with Crippen molar-refractivity contribution in [2.45, 2.75) is 25.5 Å². The van der Waals surface area contributed by atoms with E-state index in [1.807, 2.05) is 0 Å². The summed E-state index contributed by atoms with van der Waals surface area (Å²) >= 11 is -2.84. The molecule has 0 unspecified atom stereocenters. The van der Waals surface area contributed by atoms with Crippen LogP contribution in [0.3, 0.4) is 0 Å². The van der Waals surface area contributed by atoms with Crippen molar-refractivity contribution in [3.63, 3.8) is 0 Å². The van der Waals surface area contributed by atoms with E-state index in [2.05, 4.69) is 123 Å². The molecular weight excluding hydrogens is 409 g/mol. The summed E-state index contributed by atoms with van der Waals surface area (Å²) in [5.74, 6) is 0. The first kappa shape index (κ1) is 19.7. The molecule has 0 fully saturated rings. The summed E-state index contributed by atoms with van der Waals surface area (Å²) in [6.07, 6.45) is 1.11. The molecule has 0 aromatic heterocycles. The SMILES string of the molecule is Cc1ccc(C[CH2][Ge]([c]2ccccc2)([c]2ccccc2)[c]2cccc(C)c2)cc1. The van der Waals surface area contributed by atoms with Crippen LogP contribution in [0.5, 0.6) is 0 Å². The van der Waals surface area contributed by atoms with Crippen molar-refractivity contribution in [3.05, 3.63) is 126 Å². The molecule has 144 valence electrons. The van der Waals surface area contributed by atoms with Gasteiger partial charge in [-0.2, -0.15) is 0 Å². The van der Waals surface area contributed by atoms with Crippen LogP contribution in [0.4, 0.5) is 0 Å². The number of hydrogen-bond donors (Lipinski definition) is 0. The Kier molecular flexibility index (Phi) is 6.01. The molecule has 0 amide bonds. The van der Waals surface area contributed by atoms with Crippen LogP contribution in [-0.2, 0) is 6.42 Å². The van der Waals surface area contributed by atoms with Crippen molar-refractivity contribution < 1.29 is 0 Å². The van der Waals surface area contributed by atoms with Gasteiger partial charge in [0.1, 0.15) is 0 Å². The zero-order chi connectivity index (χ0) is 20.1. The van der Waals surface area contributed by atoms with Gasteiger partial charge in [-0.3, -0.25) is 0 Å². The molecule has 0 saturated carbocycles. The van der Waals surface area contributed by atoms with Gasteiger partial charge in [-0.05, 0) is 0 Å². The fraction of sp³-hybridized carbons (Fsp3) is 0.143. The van der Waals surface area contributed by atoms with E-state index in [1.165, 1.54) is 30.7 Å². The maximum atomic E-state index is 2.44. The van der Waals surface area contributed by atoms with Crippen LogP contribution in [0.25, 0.3) is 0 Å². The fourth-order valence-corrected chi connectivity index (χ4v) is 14.7. The molecule has 0 nitrogen and oxygen atoms in total. The molecule has 0 radical (unpaired) electrons. The van der Waals surface area contributed by atoms with E-state index in [1.54, 1.807) is 4.40 Å². The second-order valence-electron chi connectivity index (χ2n) is 7.99. The summed E-state index contributed by atoms with van der Waals surface area (Å²) in [6.45, 7) is 4.37. The monoisotopic (exact) mass is 438 g/mol. The molecule has 0 aliphatic rings.